The lowest BCUT2D eigenvalue weighted by Crippen LogP contribution is -2.39. The predicted molar refractivity (Wildman–Crippen MR) is 85.2 cm³/mol. The minimum atomic E-state index is 0.220. The zero-order valence-electron chi connectivity index (χ0n) is 13.0. The van der Waals surface area contributed by atoms with Crippen molar-refractivity contribution in [2.24, 2.45) is 0 Å². The van der Waals surface area contributed by atoms with E-state index in [9.17, 15) is 0 Å². The third kappa shape index (κ3) is 4.32. The lowest BCUT2D eigenvalue weighted by atomic mass is 9.75. The second-order valence-corrected chi connectivity index (χ2v) is 6.02. The van der Waals surface area contributed by atoms with Crippen LogP contribution in [0.4, 0.5) is 0 Å². The highest BCUT2D eigenvalue weighted by molar-refractivity contribution is 5.26. The molecule has 1 aliphatic rings. The molecule has 1 unspecified atom stereocenters. The zero-order valence-corrected chi connectivity index (χ0v) is 13.0. The molecular formula is C18H29NO. The van der Waals surface area contributed by atoms with E-state index in [4.69, 9.17) is 4.74 Å². The summed E-state index contributed by atoms with van der Waals surface area (Å²) in [5.74, 6) is 0. The number of rotatable bonds is 10. The van der Waals surface area contributed by atoms with Crippen LogP contribution in [0, 0.1) is 0 Å². The second-order valence-electron chi connectivity index (χ2n) is 6.02. The Hall–Kier alpha value is -0.860. The molecule has 20 heavy (non-hydrogen) atoms. The Morgan fingerprint density at radius 1 is 1.15 bits per heavy atom. The van der Waals surface area contributed by atoms with Gasteiger partial charge in [-0.1, -0.05) is 44.2 Å². The van der Waals surface area contributed by atoms with Gasteiger partial charge in [-0.05, 0) is 37.7 Å². The Balaban J connectivity index is 2.02. The van der Waals surface area contributed by atoms with Crippen molar-refractivity contribution < 1.29 is 4.74 Å². The highest BCUT2D eigenvalue weighted by Gasteiger charge is 2.32. The Morgan fingerprint density at radius 3 is 2.50 bits per heavy atom. The molecule has 0 radical (unpaired) electrons. The van der Waals surface area contributed by atoms with Gasteiger partial charge in [0.25, 0.3) is 0 Å². The molecule has 1 saturated carbocycles. The molecule has 0 bridgehead atoms. The maximum absolute atomic E-state index is 5.76. The average molecular weight is 275 g/mol. The molecule has 0 aromatic heterocycles. The summed E-state index contributed by atoms with van der Waals surface area (Å²) < 4.78 is 5.76. The number of nitrogens with one attached hydrogen (secondary N) is 1. The molecular weight excluding hydrogens is 246 g/mol. The van der Waals surface area contributed by atoms with E-state index >= 15 is 0 Å². The lowest BCUT2D eigenvalue weighted by molar-refractivity contribution is 0.111. The van der Waals surface area contributed by atoms with E-state index in [2.05, 4.69) is 49.5 Å². The summed E-state index contributed by atoms with van der Waals surface area (Å²) in [6.45, 7) is 7.29. The fraction of sp³-hybridized carbons (Fsp3) is 0.667. The number of ether oxygens (including phenoxy) is 1. The van der Waals surface area contributed by atoms with E-state index in [1.165, 1.54) is 18.4 Å². The van der Waals surface area contributed by atoms with Gasteiger partial charge in [0.1, 0.15) is 0 Å². The summed E-state index contributed by atoms with van der Waals surface area (Å²) in [4.78, 5) is 0. The van der Waals surface area contributed by atoms with Crippen LogP contribution >= 0.6 is 0 Å². The lowest BCUT2D eigenvalue weighted by Gasteiger charge is -2.34. The van der Waals surface area contributed by atoms with Gasteiger partial charge in [-0.3, -0.25) is 0 Å². The molecule has 0 amide bonds. The first-order valence-corrected chi connectivity index (χ1v) is 8.17. The van der Waals surface area contributed by atoms with Gasteiger partial charge in [0.05, 0.1) is 0 Å². The smallest absolute Gasteiger partial charge is 0.0475 e. The van der Waals surface area contributed by atoms with Crippen molar-refractivity contribution in [1.29, 1.82) is 0 Å². The van der Waals surface area contributed by atoms with E-state index in [1.54, 1.807) is 0 Å². The summed E-state index contributed by atoms with van der Waals surface area (Å²) >= 11 is 0. The van der Waals surface area contributed by atoms with Crippen LogP contribution in [0.5, 0.6) is 0 Å². The molecule has 1 aromatic rings. The van der Waals surface area contributed by atoms with Gasteiger partial charge >= 0.3 is 0 Å². The third-order valence-electron chi connectivity index (χ3n) is 4.44. The summed E-state index contributed by atoms with van der Waals surface area (Å²) in [5, 5.41) is 3.73. The fourth-order valence-electron chi connectivity index (χ4n) is 2.77. The van der Waals surface area contributed by atoms with Crippen LogP contribution in [0.25, 0.3) is 0 Å². The standard InChI is InChI=1S/C18H29NO/c1-3-13-20-14-12-18(4-2,15-19-17-10-11-17)16-8-6-5-7-9-16/h5-9,17,19H,3-4,10-15H2,1-2H3. The van der Waals surface area contributed by atoms with Crippen molar-refractivity contribution in [3.05, 3.63) is 35.9 Å². The van der Waals surface area contributed by atoms with Crippen molar-refractivity contribution in [3.63, 3.8) is 0 Å². The predicted octanol–water partition coefficient (Wildman–Crippen LogP) is 3.90. The molecule has 0 aliphatic heterocycles. The molecule has 1 N–H and O–H groups in total. The molecule has 0 spiro atoms. The highest BCUT2D eigenvalue weighted by Crippen LogP contribution is 2.32. The monoisotopic (exact) mass is 275 g/mol. The first kappa shape index (κ1) is 15.5. The van der Waals surface area contributed by atoms with Gasteiger partial charge in [-0.15, -0.1) is 0 Å². The normalized spacial score (nSPS) is 17.9. The number of hydrogen-bond acceptors (Lipinski definition) is 2. The van der Waals surface area contributed by atoms with Crippen LogP contribution in [0.1, 0.15) is 51.5 Å². The third-order valence-corrected chi connectivity index (χ3v) is 4.44. The van der Waals surface area contributed by atoms with E-state index in [0.29, 0.717) is 0 Å². The highest BCUT2D eigenvalue weighted by atomic mass is 16.5. The Labute approximate surface area is 123 Å². The van der Waals surface area contributed by atoms with Gasteiger partial charge in [-0.25, -0.2) is 0 Å². The molecule has 1 atom stereocenters. The van der Waals surface area contributed by atoms with Crippen LogP contribution in [0.2, 0.25) is 0 Å². The van der Waals surface area contributed by atoms with Crippen LogP contribution in [-0.2, 0) is 10.2 Å². The fourth-order valence-corrected chi connectivity index (χ4v) is 2.77. The first-order valence-electron chi connectivity index (χ1n) is 8.17. The minimum absolute atomic E-state index is 0.220. The largest absolute Gasteiger partial charge is 0.381 e. The molecule has 0 saturated heterocycles. The first-order chi connectivity index (χ1) is 9.80. The van der Waals surface area contributed by atoms with Gasteiger partial charge in [0, 0.05) is 31.2 Å². The maximum atomic E-state index is 5.76. The minimum Gasteiger partial charge on any atom is -0.381 e. The summed E-state index contributed by atoms with van der Waals surface area (Å²) in [6.07, 6.45) is 6.06. The number of hydrogen-bond donors (Lipinski definition) is 1. The quantitative estimate of drug-likeness (QED) is 0.654. The summed E-state index contributed by atoms with van der Waals surface area (Å²) in [7, 11) is 0. The van der Waals surface area contributed by atoms with Crippen LogP contribution in [-0.4, -0.2) is 25.8 Å². The van der Waals surface area contributed by atoms with E-state index in [1.807, 2.05) is 0 Å². The zero-order chi connectivity index (χ0) is 14.3. The van der Waals surface area contributed by atoms with Crippen molar-refractivity contribution in [3.8, 4) is 0 Å². The van der Waals surface area contributed by atoms with Gasteiger partial charge in [0.2, 0.25) is 0 Å². The van der Waals surface area contributed by atoms with Crippen LogP contribution in [0.15, 0.2) is 30.3 Å². The second kappa shape index (κ2) is 7.80. The molecule has 112 valence electrons. The van der Waals surface area contributed by atoms with Crippen LogP contribution in [0.3, 0.4) is 0 Å². The van der Waals surface area contributed by atoms with E-state index in [-0.39, 0.29) is 5.41 Å². The molecule has 1 aromatic carbocycles. The average Bonchev–Trinajstić information content (AvgIpc) is 3.32. The van der Waals surface area contributed by atoms with Gasteiger partial charge < -0.3 is 10.1 Å². The molecule has 1 aliphatic carbocycles. The Bertz CT molecular complexity index is 374. The van der Waals surface area contributed by atoms with Gasteiger partial charge in [-0.2, -0.15) is 0 Å². The van der Waals surface area contributed by atoms with E-state index < -0.39 is 0 Å². The molecule has 2 heteroatoms. The Kier molecular flexibility index (Phi) is 6.06. The Morgan fingerprint density at radius 2 is 1.90 bits per heavy atom. The van der Waals surface area contributed by atoms with Crippen molar-refractivity contribution in [1.82, 2.24) is 5.32 Å². The summed E-state index contributed by atoms with van der Waals surface area (Å²) in [5.41, 5.74) is 1.67. The van der Waals surface area contributed by atoms with E-state index in [0.717, 1.165) is 45.1 Å². The van der Waals surface area contributed by atoms with Gasteiger partial charge in [0.15, 0.2) is 0 Å². The topological polar surface area (TPSA) is 21.3 Å². The number of benzene rings is 1. The summed E-state index contributed by atoms with van der Waals surface area (Å²) in [6, 6.07) is 11.7. The molecule has 2 nitrogen and oxygen atoms in total. The maximum Gasteiger partial charge on any atom is 0.0475 e. The van der Waals surface area contributed by atoms with Crippen LogP contribution < -0.4 is 5.32 Å². The van der Waals surface area contributed by atoms with Crippen molar-refractivity contribution in [2.45, 2.75) is 57.4 Å². The molecule has 0 heterocycles. The SMILES string of the molecule is CCCOCCC(CC)(CNC1CC1)c1ccccc1. The van der Waals surface area contributed by atoms with Crippen molar-refractivity contribution >= 4 is 0 Å². The molecule has 1 fully saturated rings. The molecule has 2 rings (SSSR count). The van der Waals surface area contributed by atoms with Crippen molar-refractivity contribution in [2.75, 3.05) is 19.8 Å².